The number of aliphatic imine (C=N–C) groups is 1. The normalized spacial score (nSPS) is 26.0. The summed E-state index contributed by atoms with van der Waals surface area (Å²) in [6.07, 6.45) is 6.45. The van der Waals surface area contributed by atoms with E-state index in [2.05, 4.69) is 24.9 Å². The van der Waals surface area contributed by atoms with E-state index < -0.39 is 0 Å². The van der Waals surface area contributed by atoms with Crippen molar-refractivity contribution < 1.29 is 0 Å². The Morgan fingerprint density at radius 3 is 3.00 bits per heavy atom. The van der Waals surface area contributed by atoms with Crippen LogP contribution in [-0.2, 0) is 0 Å². The highest BCUT2D eigenvalue weighted by Gasteiger charge is 2.01. The molecule has 0 unspecified atom stereocenters. The Balaban J connectivity index is 2.59. The van der Waals surface area contributed by atoms with E-state index in [4.69, 9.17) is 0 Å². The van der Waals surface area contributed by atoms with Gasteiger partial charge in [0, 0.05) is 11.9 Å². The molecule has 9 heavy (non-hydrogen) atoms. The molecule has 1 heterocycles. The van der Waals surface area contributed by atoms with Crippen LogP contribution < -0.4 is 0 Å². The second kappa shape index (κ2) is 2.81. The molecule has 0 aromatic rings. The Kier molecular flexibility index (Phi) is 2.04. The van der Waals surface area contributed by atoms with Gasteiger partial charge in [0.25, 0.3) is 0 Å². The Morgan fingerprint density at radius 2 is 2.56 bits per heavy atom. The first-order valence-corrected chi connectivity index (χ1v) is 3.56. The van der Waals surface area contributed by atoms with E-state index >= 15 is 0 Å². The van der Waals surface area contributed by atoms with Crippen molar-refractivity contribution in [1.82, 2.24) is 0 Å². The third kappa shape index (κ3) is 1.67. The van der Waals surface area contributed by atoms with Crippen molar-refractivity contribution in [2.75, 3.05) is 0 Å². The van der Waals surface area contributed by atoms with Crippen molar-refractivity contribution in [3.63, 3.8) is 0 Å². The minimum atomic E-state index is 0.706. The molecule has 1 nitrogen and oxygen atoms in total. The quantitative estimate of drug-likeness (QED) is 0.507. The molecule has 1 heteroatoms. The van der Waals surface area contributed by atoms with Gasteiger partial charge in [-0.25, -0.2) is 0 Å². The highest BCUT2D eigenvalue weighted by Crippen LogP contribution is 2.14. The standard InChI is InChI=1S/C8H13N/c1-3-8-6-7(2)4-5-9-8/h5-7H,3-4H2,1-2H3/t7-/m0/s1. The van der Waals surface area contributed by atoms with E-state index in [0.717, 1.165) is 12.8 Å². The van der Waals surface area contributed by atoms with Crippen LogP contribution in [-0.4, -0.2) is 6.21 Å². The molecule has 1 rings (SSSR count). The highest BCUT2D eigenvalue weighted by molar-refractivity contribution is 5.61. The molecule has 0 aliphatic carbocycles. The molecule has 0 saturated carbocycles. The van der Waals surface area contributed by atoms with Gasteiger partial charge >= 0.3 is 0 Å². The third-order valence-corrected chi connectivity index (χ3v) is 1.57. The first-order chi connectivity index (χ1) is 4.33. The lowest BCUT2D eigenvalue weighted by molar-refractivity contribution is 0.745. The van der Waals surface area contributed by atoms with Gasteiger partial charge in [-0.1, -0.05) is 19.9 Å². The molecule has 0 aromatic carbocycles. The van der Waals surface area contributed by atoms with Crippen molar-refractivity contribution >= 4 is 6.21 Å². The largest absolute Gasteiger partial charge is 0.266 e. The monoisotopic (exact) mass is 123 g/mol. The average Bonchev–Trinajstić information content (AvgIpc) is 1.88. The maximum atomic E-state index is 4.23. The third-order valence-electron chi connectivity index (χ3n) is 1.57. The maximum absolute atomic E-state index is 4.23. The van der Waals surface area contributed by atoms with Gasteiger partial charge in [0.2, 0.25) is 0 Å². The van der Waals surface area contributed by atoms with Gasteiger partial charge < -0.3 is 0 Å². The Labute approximate surface area is 56.5 Å². The van der Waals surface area contributed by atoms with E-state index in [9.17, 15) is 0 Å². The summed E-state index contributed by atoms with van der Waals surface area (Å²) in [7, 11) is 0. The number of nitrogens with zero attached hydrogens (tertiary/aromatic N) is 1. The van der Waals surface area contributed by atoms with Crippen LogP contribution in [0, 0.1) is 5.92 Å². The maximum Gasteiger partial charge on any atom is 0.0359 e. The van der Waals surface area contributed by atoms with Gasteiger partial charge in [-0.15, -0.1) is 0 Å². The van der Waals surface area contributed by atoms with Crippen molar-refractivity contribution in [3.05, 3.63) is 11.8 Å². The molecule has 0 N–H and O–H groups in total. The molecule has 0 spiro atoms. The smallest absolute Gasteiger partial charge is 0.0359 e. The van der Waals surface area contributed by atoms with Crippen molar-refractivity contribution in [2.24, 2.45) is 10.9 Å². The number of hydrogen-bond donors (Lipinski definition) is 0. The summed E-state index contributed by atoms with van der Waals surface area (Å²) in [5.41, 5.74) is 1.24. The Bertz CT molecular complexity index is 145. The van der Waals surface area contributed by atoms with Gasteiger partial charge in [0.1, 0.15) is 0 Å². The van der Waals surface area contributed by atoms with Crippen LogP contribution in [0.25, 0.3) is 0 Å². The summed E-state index contributed by atoms with van der Waals surface area (Å²) in [6, 6.07) is 0. The lowest BCUT2D eigenvalue weighted by Crippen LogP contribution is -1.97. The molecule has 1 aliphatic heterocycles. The first-order valence-electron chi connectivity index (χ1n) is 3.56. The van der Waals surface area contributed by atoms with Crippen LogP contribution in [0.15, 0.2) is 16.8 Å². The first kappa shape index (κ1) is 6.53. The van der Waals surface area contributed by atoms with Crippen LogP contribution in [0.4, 0.5) is 0 Å². The van der Waals surface area contributed by atoms with Crippen molar-refractivity contribution in [2.45, 2.75) is 26.7 Å². The summed E-state index contributed by atoms with van der Waals surface area (Å²) < 4.78 is 0. The molecule has 1 aliphatic rings. The van der Waals surface area contributed by atoms with Crippen LogP contribution in [0.1, 0.15) is 26.7 Å². The second-order valence-corrected chi connectivity index (χ2v) is 2.54. The highest BCUT2D eigenvalue weighted by atomic mass is 14.7. The minimum Gasteiger partial charge on any atom is -0.266 e. The number of allylic oxidation sites excluding steroid dienone is 2. The zero-order valence-electron chi connectivity index (χ0n) is 6.09. The summed E-state index contributed by atoms with van der Waals surface area (Å²) in [5.74, 6) is 0.706. The van der Waals surface area contributed by atoms with Gasteiger partial charge in [-0.05, 0) is 18.8 Å². The Hall–Kier alpha value is -0.590. The molecule has 0 fully saturated rings. The second-order valence-electron chi connectivity index (χ2n) is 2.54. The minimum absolute atomic E-state index is 0.706. The van der Waals surface area contributed by atoms with Crippen molar-refractivity contribution in [1.29, 1.82) is 0 Å². The lowest BCUT2D eigenvalue weighted by atomic mass is 10.0. The summed E-state index contributed by atoms with van der Waals surface area (Å²) in [5, 5.41) is 0. The fraction of sp³-hybridized carbons (Fsp3) is 0.625. The molecule has 0 saturated heterocycles. The fourth-order valence-corrected chi connectivity index (χ4v) is 0.985. The van der Waals surface area contributed by atoms with E-state index in [-0.39, 0.29) is 0 Å². The predicted molar refractivity (Wildman–Crippen MR) is 40.6 cm³/mol. The van der Waals surface area contributed by atoms with Gasteiger partial charge in [0.05, 0.1) is 0 Å². The van der Waals surface area contributed by atoms with Gasteiger partial charge in [-0.2, -0.15) is 0 Å². The Morgan fingerprint density at radius 1 is 1.78 bits per heavy atom. The van der Waals surface area contributed by atoms with Gasteiger partial charge in [-0.3, -0.25) is 4.99 Å². The van der Waals surface area contributed by atoms with Gasteiger partial charge in [0.15, 0.2) is 0 Å². The number of rotatable bonds is 1. The number of hydrogen-bond acceptors (Lipinski definition) is 1. The van der Waals surface area contributed by atoms with E-state index in [1.54, 1.807) is 0 Å². The van der Waals surface area contributed by atoms with Crippen LogP contribution in [0.2, 0.25) is 0 Å². The molecule has 1 atom stereocenters. The molecule has 50 valence electrons. The van der Waals surface area contributed by atoms with E-state index in [0.29, 0.717) is 5.92 Å². The molecular formula is C8H13N. The zero-order valence-corrected chi connectivity index (χ0v) is 6.09. The molecule has 0 bridgehead atoms. The average molecular weight is 123 g/mol. The summed E-state index contributed by atoms with van der Waals surface area (Å²) in [6.45, 7) is 4.36. The zero-order chi connectivity index (χ0) is 6.69. The predicted octanol–water partition coefficient (Wildman–Crippen LogP) is 2.39. The SMILES string of the molecule is CCC1=C[C@@H](C)CC=N1. The van der Waals surface area contributed by atoms with Crippen LogP contribution in [0.3, 0.4) is 0 Å². The molecular weight excluding hydrogens is 110 g/mol. The van der Waals surface area contributed by atoms with Crippen LogP contribution in [0.5, 0.6) is 0 Å². The topological polar surface area (TPSA) is 12.4 Å². The fourth-order valence-electron chi connectivity index (χ4n) is 0.985. The lowest BCUT2D eigenvalue weighted by Gasteiger charge is -2.08. The van der Waals surface area contributed by atoms with Crippen molar-refractivity contribution in [3.8, 4) is 0 Å². The summed E-state index contributed by atoms with van der Waals surface area (Å²) >= 11 is 0. The molecule has 0 radical (unpaired) electrons. The molecule has 0 aromatic heterocycles. The summed E-state index contributed by atoms with van der Waals surface area (Å²) in [4.78, 5) is 4.23. The molecule has 0 amide bonds. The van der Waals surface area contributed by atoms with E-state index in [1.165, 1.54) is 5.70 Å². The van der Waals surface area contributed by atoms with Crippen LogP contribution >= 0.6 is 0 Å². The van der Waals surface area contributed by atoms with E-state index in [1.807, 2.05) is 6.21 Å².